The van der Waals surface area contributed by atoms with Crippen LogP contribution in [0.5, 0.6) is 0 Å². The van der Waals surface area contributed by atoms with Crippen LogP contribution in [-0.4, -0.2) is 58.0 Å². The third kappa shape index (κ3) is 4.57. The number of nitrogens with one attached hydrogen (secondary N) is 1. The second-order valence-corrected chi connectivity index (χ2v) is 4.25. The Balaban J connectivity index is 2.36. The summed E-state index contributed by atoms with van der Waals surface area (Å²) >= 11 is 0. The summed E-state index contributed by atoms with van der Waals surface area (Å²) in [7, 11) is 0. The van der Waals surface area contributed by atoms with Crippen LogP contribution < -0.4 is 5.32 Å². The van der Waals surface area contributed by atoms with Crippen LogP contribution in [0, 0.1) is 0 Å². The highest BCUT2D eigenvalue weighted by Gasteiger charge is 2.33. The molecule has 1 aliphatic heterocycles. The van der Waals surface area contributed by atoms with E-state index in [1.54, 1.807) is 0 Å². The molecule has 1 heterocycles. The number of aliphatic carboxylic acids is 2. The van der Waals surface area contributed by atoms with Gasteiger partial charge in [-0.15, -0.1) is 0 Å². The second kappa shape index (κ2) is 6.72. The summed E-state index contributed by atoms with van der Waals surface area (Å²) in [4.78, 5) is 45.3. The molecule has 0 aliphatic carbocycles. The molecule has 0 unspecified atom stereocenters. The first-order valence-corrected chi connectivity index (χ1v) is 5.92. The van der Waals surface area contributed by atoms with Gasteiger partial charge in [0.15, 0.2) is 0 Å². The zero-order valence-corrected chi connectivity index (χ0v) is 10.3. The van der Waals surface area contributed by atoms with Crippen molar-refractivity contribution in [1.29, 1.82) is 0 Å². The molecule has 0 aromatic rings. The number of carboxylic acids is 2. The van der Waals surface area contributed by atoms with Crippen molar-refractivity contribution in [1.82, 2.24) is 10.2 Å². The van der Waals surface area contributed by atoms with Crippen LogP contribution >= 0.6 is 0 Å². The van der Waals surface area contributed by atoms with Crippen molar-refractivity contribution in [2.24, 2.45) is 0 Å². The van der Waals surface area contributed by atoms with Crippen molar-refractivity contribution in [3.63, 3.8) is 0 Å². The molecule has 0 spiro atoms. The van der Waals surface area contributed by atoms with Gasteiger partial charge >= 0.3 is 11.9 Å². The zero-order chi connectivity index (χ0) is 14.4. The van der Waals surface area contributed by atoms with Gasteiger partial charge in [0.25, 0.3) is 0 Å². The van der Waals surface area contributed by atoms with Crippen molar-refractivity contribution in [3.05, 3.63) is 0 Å². The van der Waals surface area contributed by atoms with Gasteiger partial charge in [-0.1, -0.05) is 0 Å². The maximum Gasteiger partial charge on any atom is 0.326 e. The first-order chi connectivity index (χ1) is 8.91. The smallest absolute Gasteiger partial charge is 0.326 e. The molecule has 1 saturated heterocycles. The normalized spacial score (nSPS) is 18.1. The zero-order valence-electron chi connectivity index (χ0n) is 10.3. The van der Waals surface area contributed by atoms with Gasteiger partial charge < -0.3 is 20.4 Å². The van der Waals surface area contributed by atoms with Crippen LogP contribution in [0.4, 0.5) is 0 Å². The SMILES string of the molecule is O=C(O)CCC(=O)NCC(=O)N1CCC[C@H]1C(=O)O. The molecular weight excluding hydrogens is 256 g/mol. The maximum absolute atomic E-state index is 11.7. The topological polar surface area (TPSA) is 124 Å². The lowest BCUT2D eigenvalue weighted by molar-refractivity contribution is -0.148. The lowest BCUT2D eigenvalue weighted by Gasteiger charge is -2.21. The van der Waals surface area contributed by atoms with Gasteiger partial charge in [-0.25, -0.2) is 4.79 Å². The number of rotatable bonds is 6. The van der Waals surface area contributed by atoms with Crippen LogP contribution in [0.1, 0.15) is 25.7 Å². The van der Waals surface area contributed by atoms with Crippen molar-refractivity contribution < 1.29 is 29.4 Å². The Kier molecular flexibility index (Phi) is 5.28. The molecule has 19 heavy (non-hydrogen) atoms. The number of amides is 2. The van der Waals surface area contributed by atoms with Gasteiger partial charge in [-0.2, -0.15) is 0 Å². The van der Waals surface area contributed by atoms with Crippen LogP contribution in [0.25, 0.3) is 0 Å². The largest absolute Gasteiger partial charge is 0.481 e. The standard InChI is InChI=1S/C11H16N2O6/c14-8(3-4-10(16)17)12-6-9(15)13-5-1-2-7(13)11(18)19/h7H,1-6H2,(H,12,14)(H,16,17)(H,18,19)/t7-/m0/s1. The highest BCUT2D eigenvalue weighted by atomic mass is 16.4. The molecular formula is C11H16N2O6. The van der Waals surface area contributed by atoms with Crippen molar-refractivity contribution in [2.45, 2.75) is 31.7 Å². The summed E-state index contributed by atoms with van der Waals surface area (Å²) in [6, 6.07) is -0.830. The van der Waals surface area contributed by atoms with E-state index in [4.69, 9.17) is 10.2 Å². The molecule has 0 saturated carbocycles. The summed E-state index contributed by atoms with van der Waals surface area (Å²) in [5.41, 5.74) is 0. The first-order valence-electron chi connectivity index (χ1n) is 5.92. The van der Waals surface area contributed by atoms with Crippen LogP contribution in [0.2, 0.25) is 0 Å². The minimum Gasteiger partial charge on any atom is -0.481 e. The minimum absolute atomic E-state index is 0.203. The van der Waals surface area contributed by atoms with Gasteiger partial charge in [0, 0.05) is 13.0 Å². The monoisotopic (exact) mass is 272 g/mol. The molecule has 0 radical (unpaired) electrons. The Morgan fingerprint density at radius 2 is 1.84 bits per heavy atom. The molecule has 106 valence electrons. The molecule has 0 aromatic heterocycles. The predicted octanol–water partition coefficient (Wildman–Crippen LogP) is -0.957. The van der Waals surface area contributed by atoms with Crippen LogP contribution in [0.3, 0.4) is 0 Å². The van der Waals surface area contributed by atoms with Crippen molar-refractivity contribution in [3.8, 4) is 0 Å². The predicted molar refractivity (Wildman–Crippen MR) is 62.3 cm³/mol. The Morgan fingerprint density at radius 3 is 2.42 bits per heavy atom. The Hall–Kier alpha value is -2.12. The highest BCUT2D eigenvalue weighted by molar-refractivity contribution is 5.89. The van der Waals surface area contributed by atoms with Crippen molar-refractivity contribution in [2.75, 3.05) is 13.1 Å². The summed E-state index contributed by atoms with van der Waals surface area (Å²) in [5.74, 6) is -3.15. The molecule has 0 aromatic carbocycles. The molecule has 2 amide bonds. The summed E-state index contributed by atoms with van der Waals surface area (Å²) in [5, 5.41) is 19.6. The fourth-order valence-electron chi connectivity index (χ4n) is 1.91. The lowest BCUT2D eigenvalue weighted by atomic mass is 10.2. The molecule has 8 heteroatoms. The molecule has 8 nitrogen and oxygen atoms in total. The Bertz CT molecular complexity index is 395. The van der Waals surface area contributed by atoms with E-state index in [1.807, 2.05) is 0 Å². The van der Waals surface area contributed by atoms with E-state index in [-0.39, 0.29) is 19.4 Å². The number of hydrogen-bond acceptors (Lipinski definition) is 4. The van der Waals surface area contributed by atoms with Gasteiger partial charge in [0.1, 0.15) is 6.04 Å². The number of likely N-dealkylation sites (tertiary alicyclic amines) is 1. The number of carboxylic acid groups (broad SMARTS) is 2. The molecule has 0 bridgehead atoms. The van der Waals surface area contributed by atoms with Gasteiger partial charge in [-0.3, -0.25) is 14.4 Å². The quantitative estimate of drug-likeness (QED) is 0.572. The average molecular weight is 272 g/mol. The molecule has 1 aliphatic rings. The number of carbonyl (C=O) groups is 4. The van der Waals surface area contributed by atoms with E-state index in [0.29, 0.717) is 19.4 Å². The van der Waals surface area contributed by atoms with E-state index in [0.717, 1.165) is 0 Å². The third-order valence-electron chi connectivity index (χ3n) is 2.86. The lowest BCUT2D eigenvalue weighted by Crippen LogP contribution is -2.45. The van der Waals surface area contributed by atoms with Crippen molar-refractivity contribution >= 4 is 23.8 Å². The number of carbonyl (C=O) groups excluding carboxylic acids is 2. The van der Waals surface area contributed by atoms with E-state index in [1.165, 1.54) is 4.90 Å². The van der Waals surface area contributed by atoms with Gasteiger partial charge in [0.2, 0.25) is 11.8 Å². The molecule has 1 fully saturated rings. The summed E-state index contributed by atoms with van der Waals surface area (Å²) < 4.78 is 0. The first kappa shape index (κ1) is 14.9. The van der Waals surface area contributed by atoms with Crippen LogP contribution in [0.15, 0.2) is 0 Å². The number of hydrogen-bond donors (Lipinski definition) is 3. The third-order valence-corrected chi connectivity index (χ3v) is 2.86. The van der Waals surface area contributed by atoms with Gasteiger partial charge in [-0.05, 0) is 12.8 Å². The molecule has 3 N–H and O–H groups in total. The molecule has 1 rings (SSSR count). The minimum atomic E-state index is -1.09. The molecule has 1 atom stereocenters. The van der Waals surface area contributed by atoms with Crippen LogP contribution in [-0.2, 0) is 19.2 Å². The van der Waals surface area contributed by atoms with E-state index in [9.17, 15) is 19.2 Å². The fourth-order valence-corrected chi connectivity index (χ4v) is 1.91. The Labute approximate surface area is 109 Å². The highest BCUT2D eigenvalue weighted by Crippen LogP contribution is 2.17. The Morgan fingerprint density at radius 1 is 1.16 bits per heavy atom. The maximum atomic E-state index is 11.7. The summed E-state index contributed by atoms with van der Waals surface area (Å²) in [6.45, 7) is 0.0586. The van der Waals surface area contributed by atoms with E-state index in [2.05, 4.69) is 5.32 Å². The summed E-state index contributed by atoms with van der Waals surface area (Å²) in [6.07, 6.45) is 0.524. The number of nitrogens with zero attached hydrogens (tertiary/aromatic N) is 1. The van der Waals surface area contributed by atoms with E-state index < -0.39 is 29.8 Å². The van der Waals surface area contributed by atoms with E-state index >= 15 is 0 Å². The van der Waals surface area contributed by atoms with Gasteiger partial charge in [0.05, 0.1) is 13.0 Å². The second-order valence-electron chi connectivity index (χ2n) is 4.25. The average Bonchev–Trinajstić information content (AvgIpc) is 2.82. The fraction of sp³-hybridized carbons (Fsp3) is 0.636.